The second-order valence-electron chi connectivity index (χ2n) is 6.90. The van der Waals surface area contributed by atoms with E-state index in [1.165, 1.54) is 12.1 Å². The molecule has 146 valence electrons. The standard InChI is InChI=1S/C24H22FN3O/c1-17(18-6-4-3-5-7-18)29-16-22-23(19-12-14-26-15-13-19)24(27-28(22)2)20-8-10-21(25)11-9-20/h3-15,17H,16H2,1-2H3. The molecule has 0 bridgehead atoms. The lowest BCUT2D eigenvalue weighted by Crippen LogP contribution is -2.05. The van der Waals surface area contributed by atoms with E-state index in [2.05, 4.69) is 17.1 Å². The first-order valence-electron chi connectivity index (χ1n) is 9.52. The van der Waals surface area contributed by atoms with Crippen molar-refractivity contribution in [1.29, 1.82) is 0 Å². The molecule has 0 fully saturated rings. The highest BCUT2D eigenvalue weighted by atomic mass is 19.1. The van der Waals surface area contributed by atoms with Crippen molar-refractivity contribution in [1.82, 2.24) is 14.8 Å². The zero-order chi connectivity index (χ0) is 20.2. The zero-order valence-electron chi connectivity index (χ0n) is 16.4. The summed E-state index contributed by atoms with van der Waals surface area (Å²) in [7, 11) is 1.91. The van der Waals surface area contributed by atoms with Crippen molar-refractivity contribution < 1.29 is 9.13 Å². The number of aryl methyl sites for hydroxylation is 1. The molecule has 2 aromatic carbocycles. The number of benzene rings is 2. The van der Waals surface area contributed by atoms with Gasteiger partial charge < -0.3 is 4.74 Å². The Hall–Kier alpha value is -3.31. The minimum atomic E-state index is -0.268. The van der Waals surface area contributed by atoms with Gasteiger partial charge in [-0.05, 0) is 54.4 Å². The van der Waals surface area contributed by atoms with Gasteiger partial charge in [-0.25, -0.2) is 4.39 Å². The number of halogens is 1. The Morgan fingerprint density at radius 3 is 2.31 bits per heavy atom. The maximum atomic E-state index is 13.4. The summed E-state index contributed by atoms with van der Waals surface area (Å²) in [4.78, 5) is 4.13. The predicted molar refractivity (Wildman–Crippen MR) is 111 cm³/mol. The number of pyridine rings is 1. The molecule has 0 aliphatic rings. The molecule has 5 heteroatoms. The Bertz CT molecular complexity index is 1080. The fourth-order valence-electron chi connectivity index (χ4n) is 3.38. The van der Waals surface area contributed by atoms with Gasteiger partial charge in [-0.3, -0.25) is 9.67 Å². The molecule has 0 aliphatic heterocycles. The molecule has 0 N–H and O–H groups in total. The molecule has 1 unspecified atom stereocenters. The van der Waals surface area contributed by atoms with Crippen LogP contribution < -0.4 is 0 Å². The maximum Gasteiger partial charge on any atom is 0.123 e. The molecule has 29 heavy (non-hydrogen) atoms. The summed E-state index contributed by atoms with van der Waals surface area (Å²) < 4.78 is 21.5. The molecule has 0 saturated carbocycles. The van der Waals surface area contributed by atoms with Crippen molar-refractivity contribution in [2.24, 2.45) is 7.05 Å². The van der Waals surface area contributed by atoms with Gasteiger partial charge in [-0.1, -0.05) is 30.3 Å². The fraction of sp³-hybridized carbons (Fsp3) is 0.167. The van der Waals surface area contributed by atoms with Crippen LogP contribution in [-0.2, 0) is 18.4 Å². The van der Waals surface area contributed by atoms with Gasteiger partial charge in [0.2, 0.25) is 0 Å². The first kappa shape index (κ1) is 19.0. The molecule has 2 heterocycles. The van der Waals surface area contributed by atoms with Gasteiger partial charge in [-0.15, -0.1) is 0 Å². The van der Waals surface area contributed by atoms with E-state index in [4.69, 9.17) is 9.84 Å². The van der Waals surface area contributed by atoms with E-state index in [0.29, 0.717) is 6.61 Å². The van der Waals surface area contributed by atoms with Crippen molar-refractivity contribution in [2.45, 2.75) is 19.6 Å². The second-order valence-corrected chi connectivity index (χ2v) is 6.90. The summed E-state index contributed by atoms with van der Waals surface area (Å²) in [6, 6.07) is 20.4. The third-order valence-corrected chi connectivity index (χ3v) is 4.99. The van der Waals surface area contributed by atoms with E-state index in [9.17, 15) is 4.39 Å². The summed E-state index contributed by atoms with van der Waals surface area (Å²) in [6.45, 7) is 2.44. The van der Waals surface area contributed by atoms with E-state index in [1.807, 2.05) is 49.0 Å². The Balaban J connectivity index is 1.72. The van der Waals surface area contributed by atoms with Crippen LogP contribution in [0.3, 0.4) is 0 Å². The van der Waals surface area contributed by atoms with Crippen LogP contribution in [0.5, 0.6) is 0 Å². The van der Waals surface area contributed by atoms with Crippen LogP contribution in [-0.4, -0.2) is 14.8 Å². The average molecular weight is 387 g/mol. The molecule has 0 spiro atoms. The number of aromatic nitrogens is 3. The van der Waals surface area contributed by atoms with Gasteiger partial charge in [0, 0.05) is 30.6 Å². The number of nitrogens with zero attached hydrogens (tertiary/aromatic N) is 3. The Kier molecular flexibility index (Phi) is 5.49. The molecule has 1 atom stereocenters. The monoisotopic (exact) mass is 387 g/mol. The first-order valence-corrected chi connectivity index (χ1v) is 9.52. The highest BCUT2D eigenvalue weighted by Crippen LogP contribution is 2.35. The lowest BCUT2D eigenvalue weighted by molar-refractivity contribution is 0.0490. The van der Waals surface area contributed by atoms with Gasteiger partial charge in [0.15, 0.2) is 0 Å². The molecule has 0 aliphatic carbocycles. The predicted octanol–water partition coefficient (Wildman–Crippen LogP) is 5.57. The third-order valence-electron chi connectivity index (χ3n) is 4.99. The summed E-state index contributed by atoms with van der Waals surface area (Å²) in [5.41, 5.74) is 5.71. The fourth-order valence-corrected chi connectivity index (χ4v) is 3.38. The van der Waals surface area contributed by atoms with Crippen molar-refractivity contribution >= 4 is 0 Å². The van der Waals surface area contributed by atoms with Crippen molar-refractivity contribution in [3.8, 4) is 22.4 Å². The number of rotatable bonds is 6. The molecule has 4 nitrogen and oxygen atoms in total. The summed E-state index contributed by atoms with van der Waals surface area (Å²) in [5, 5.41) is 4.73. The number of hydrogen-bond acceptors (Lipinski definition) is 3. The van der Waals surface area contributed by atoms with Crippen LogP contribution in [0.1, 0.15) is 24.3 Å². The second kappa shape index (κ2) is 8.37. The van der Waals surface area contributed by atoms with Crippen molar-refractivity contribution in [3.63, 3.8) is 0 Å². The lowest BCUT2D eigenvalue weighted by Gasteiger charge is -2.15. The van der Waals surface area contributed by atoms with Crippen LogP contribution in [0.4, 0.5) is 4.39 Å². The molecule has 4 rings (SSSR count). The summed E-state index contributed by atoms with van der Waals surface area (Å²) in [6.07, 6.45) is 3.47. The Morgan fingerprint density at radius 1 is 0.931 bits per heavy atom. The van der Waals surface area contributed by atoms with E-state index in [0.717, 1.165) is 33.6 Å². The molecule has 0 radical (unpaired) electrons. The molecule has 0 amide bonds. The molecule has 2 aromatic heterocycles. The highest BCUT2D eigenvalue weighted by Gasteiger charge is 2.20. The third kappa shape index (κ3) is 4.10. The SMILES string of the molecule is CC(OCc1c(-c2ccncc2)c(-c2ccc(F)cc2)nn1C)c1ccccc1. The number of ether oxygens (including phenoxy) is 1. The van der Waals surface area contributed by atoms with Crippen LogP contribution in [0.25, 0.3) is 22.4 Å². The van der Waals surface area contributed by atoms with Gasteiger partial charge in [-0.2, -0.15) is 5.10 Å². The molecular weight excluding hydrogens is 365 g/mol. The van der Waals surface area contributed by atoms with Gasteiger partial charge in [0.25, 0.3) is 0 Å². The van der Waals surface area contributed by atoms with E-state index >= 15 is 0 Å². The topological polar surface area (TPSA) is 39.9 Å². The smallest absolute Gasteiger partial charge is 0.123 e. The quantitative estimate of drug-likeness (QED) is 0.434. The summed E-state index contributed by atoms with van der Waals surface area (Å²) in [5.74, 6) is -0.268. The first-order chi connectivity index (χ1) is 14.1. The minimum Gasteiger partial charge on any atom is -0.368 e. The highest BCUT2D eigenvalue weighted by molar-refractivity contribution is 5.82. The van der Waals surface area contributed by atoms with Crippen LogP contribution in [0, 0.1) is 5.82 Å². The number of hydrogen-bond donors (Lipinski definition) is 0. The normalized spacial score (nSPS) is 12.1. The Morgan fingerprint density at radius 2 is 1.62 bits per heavy atom. The van der Waals surface area contributed by atoms with E-state index < -0.39 is 0 Å². The Labute approximate surface area is 169 Å². The van der Waals surface area contributed by atoms with Crippen molar-refractivity contribution in [2.75, 3.05) is 0 Å². The van der Waals surface area contributed by atoms with Crippen molar-refractivity contribution in [3.05, 3.63) is 96.2 Å². The minimum absolute atomic E-state index is 0.0503. The van der Waals surface area contributed by atoms with Gasteiger partial charge in [0.05, 0.1) is 18.4 Å². The van der Waals surface area contributed by atoms with Gasteiger partial charge in [0.1, 0.15) is 11.5 Å². The van der Waals surface area contributed by atoms with E-state index in [-0.39, 0.29) is 11.9 Å². The van der Waals surface area contributed by atoms with Crippen LogP contribution in [0.2, 0.25) is 0 Å². The lowest BCUT2D eigenvalue weighted by atomic mass is 10.00. The molecule has 4 aromatic rings. The van der Waals surface area contributed by atoms with E-state index in [1.54, 1.807) is 24.5 Å². The average Bonchev–Trinajstić information content (AvgIpc) is 3.10. The summed E-state index contributed by atoms with van der Waals surface area (Å²) >= 11 is 0. The largest absolute Gasteiger partial charge is 0.368 e. The molecule has 0 saturated heterocycles. The maximum absolute atomic E-state index is 13.4. The van der Waals surface area contributed by atoms with Gasteiger partial charge >= 0.3 is 0 Å². The zero-order valence-corrected chi connectivity index (χ0v) is 16.4. The van der Waals surface area contributed by atoms with Crippen LogP contribution in [0.15, 0.2) is 79.1 Å². The van der Waals surface area contributed by atoms with Crippen LogP contribution >= 0.6 is 0 Å². The molecular formula is C24H22FN3O.